The number of hydrogen-bond donors (Lipinski definition) is 2. The molecule has 1 saturated carbocycles. The van der Waals surface area contributed by atoms with Crippen LogP contribution >= 0.6 is 11.6 Å². The fourth-order valence-electron chi connectivity index (χ4n) is 3.34. The fraction of sp³-hybridized carbons (Fsp3) is 0.600. The number of aliphatic hydroxyl groups is 1. The second kappa shape index (κ2) is 4.65. The number of nitrogens with two attached hydrogens (primary N) is 1. The van der Waals surface area contributed by atoms with E-state index in [1.807, 2.05) is 13.0 Å². The maximum atomic E-state index is 10.5. The van der Waals surface area contributed by atoms with E-state index < -0.39 is 11.7 Å². The van der Waals surface area contributed by atoms with Gasteiger partial charge < -0.3 is 15.6 Å². The van der Waals surface area contributed by atoms with Crippen molar-refractivity contribution in [1.29, 1.82) is 0 Å². The zero-order valence-electron chi connectivity index (χ0n) is 11.2. The van der Waals surface area contributed by atoms with Crippen LogP contribution in [0.2, 0.25) is 5.02 Å². The van der Waals surface area contributed by atoms with Gasteiger partial charge in [-0.25, -0.2) is 0 Å². The molecule has 0 bridgehead atoms. The molecular weight excluding hydrogens is 262 g/mol. The zero-order valence-corrected chi connectivity index (χ0v) is 11.9. The molecule has 2 aliphatic rings. The number of rotatable bonds is 0. The Morgan fingerprint density at radius 3 is 2.68 bits per heavy atom. The predicted octanol–water partition coefficient (Wildman–Crippen LogP) is 3.10. The zero-order chi connectivity index (χ0) is 13.6. The smallest absolute Gasteiger partial charge is 0.127 e. The van der Waals surface area contributed by atoms with Crippen LogP contribution in [0.4, 0.5) is 0 Å². The van der Waals surface area contributed by atoms with E-state index in [-0.39, 0.29) is 6.04 Å². The topological polar surface area (TPSA) is 55.5 Å². The molecule has 2 atom stereocenters. The van der Waals surface area contributed by atoms with Crippen LogP contribution in [0, 0.1) is 6.92 Å². The molecule has 0 saturated heterocycles. The standard InChI is InChI=1S/C15H20ClNO2/c1-9-7-12-10(8-11(9)16)13(18)14(17)15(19-12)5-3-2-4-6-15/h7-8,13-14,18H,2-6,17H2,1H3. The van der Waals surface area contributed by atoms with E-state index in [2.05, 4.69) is 0 Å². The summed E-state index contributed by atoms with van der Waals surface area (Å²) < 4.78 is 6.24. The lowest BCUT2D eigenvalue weighted by Gasteiger charge is -2.47. The average molecular weight is 282 g/mol. The third kappa shape index (κ3) is 2.04. The third-order valence-corrected chi connectivity index (χ3v) is 4.98. The summed E-state index contributed by atoms with van der Waals surface area (Å²) in [6.07, 6.45) is 4.60. The molecule has 3 rings (SSSR count). The minimum absolute atomic E-state index is 0.376. The van der Waals surface area contributed by atoms with Crippen LogP contribution in [0.25, 0.3) is 0 Å². The largest absolute Gasteiger partial charge is 0.485 e. The molecule has 1 heterocycles. The van der Waals surface area contributed by atoms with Gasteiger partial charge in [0.05, 0.1) is 6.04 Å². The Kier molecular flexibility index (Phi) is 3.24. The summed E-state index contributed by atoms with van der Waals surface area (Å²) in [5.41, 5.74) is 7.56. The molecular formula is C15H20ClNO2. The highest BCUT2D eigenvalue weighted by atomic mass is 35.5. The second-order valence-electron chi connectivity index (χ2n) is 5.84. The highest BCUT2D eigenvalue weighted by Gasteiger charge is 2.48. The summed E-state index contributed by atoms with van der Waals surface area (Å²) in [6, 6.07) is 3.33. The van der Waals surface area contributed by atoms with Crippen LogP contribution in [0.5, 0.6) is 5.75 Å². The number of halogens is 1. The van der Waals surface area contributed by atoms with Gasteiger partial charge in [0.2, 0.25) is 0 Å². The molecule has 3 nitrogen and oxygen atoms in total. The molecule has 2 unspecified atom stereocenters. The van der Waals surface area contributed by atoms with E-state index in [0.29, 0.717) is 5.02 Å². The van der Waals surface area contributed by atoms with Crippen molar-refractivity contribution in [1.82, 2.24) is 0 Å². The Labute approximate surface area is 118 Å². The number of aliphatic hydroxyl groups excluding tert-OH is 1. The molecule has 1 fully saturated rings. The van der Waals surface area contributed by atoms with Crippen molar-refractivity contribution < 1.29 is 9.84 Å². The summed E-state index contributed by atoms with van der Waals surface area (Å²) in [6.45, 7) is 1.94. The van der Waals surface area contributed by atoms with Gasteiger partial charge in [-0.3, -0.25) is 0 Å². The Hall–Kier alpha value is -0.770. The molecule has 4 heteroatoms. The third-order valence-electron chi connectivity index (χ3n) is 4.57. The molecule has 104 valence electrons. The van der Waals surface area contributed by atoms with Crippen LogP contribution < -0.4 is 10.5 Å². The Morgan fingerprint density at radius 2 is 2.00 bits per heavy atom. The number of ether oxygens (including phenoxy) is 1. The van der Waals surface area contributed by atoms with Gasteiger partial charge in [0, 0.05) is 10.6 Å². The van der Waals surface area contributed by atoms with Crippen LogP contribution in [0.3, 0.4) is 0 Å². The number of aryl methyl sites for hydroxylation is 1. The van der Waals surface area contributed by atoms with Crippen molar-refractivity contribution in [3.05, 3.63) is 28.3 Å². The van der Waals surface area contributed by atoms with Gasteiger partial charge in [0.15, 0.2) is 0 Å². The monoisotopic (exact) mass is 281 g/mol. The van der Waals surface area contributed by atoms with E-state index in [0.717, 1.165) is 42.6 Å². The quantitative estimate of drug-likeness (QED) is 0.768. The number of benzene rings is 1. The number of fused-ring (bicyclic) bond motifs is 1. The van der Waals surface area contributed by atoms with Gasteiger partial charge in [0.1, 0.15) is 17.5 Å². The van der Waals surface area contributed by atoms with Crippen LogP contribution in [-0.2, 0) is 0 Å². The van der Waals surface area contributed by atoms with Gasteiger partial charge in [-0.1, -0.05) is 18.0 Å². The summed E-state index contributed by atoms with van der Waals surface area (Å²) in [5.74, 6) is 0.748. The van der Waals surface area contributed by atoms with E-state index >= 15 is 0 Å². The SMILES string of the molecule is Cc1cc2c(cc1Cl)C(O)C(N)C1(CCCCC1)O2. The molecule has 1 aliphatic heterocycles. The van der Waals surface area contributed by atoms with Crippen LogP contribution in [0.15, 0.2) is 12.1 Å². The Bertz CT molecular complexity index is 497. The van der Waals surface area contributed by atoms with Gasteiger partial charge in [-0.15, -0.1) is 0 Å². The van der Waals surface area contributed by atoms with Gasteiger partial charge >= 0.3 is 0 Å². The van der Waals surface area contributed by atoms with Gasteiger partial charge in [-0.2, -0.15) is 0 Å². The first-order valence-corrected chi connectivity index (χ1v) is 7.34. The van der Waals surface area contributed by atoms with Crippen molar-refractivity contribution in [3.63, 3.8) is 0 Å². The molecule has 0 aromatic heterocycles. The van der Waals surface area contributed by atoms with Crippen LogP contribution in [-0.4, -0.2) is 16.7 Å². The molecule has 3 N–H and O–H groups in total. The highest BCUT2D eigenvalue weighted by molar-refractivity contribution is 6.31. The molecule has 0 radical (unpaired) electrons. The van der Waals surface area contributed by atoms with E-state index in [1.165, 1.54) is 6.42 Å². The Morgan fingerprint density at radius 1 is 1.32 bits per heavy atom. The highest BCUT2D eigenvalue weighted by Crippen LogP contribution is 2.46. The summed E-state index contributed by atoms with van der Waals surface area (Å²) in [7, 11) is 0. The maximum Gasteiger partial charge on any atom is 0.127 e. The molecule has 19 heavy (non-hydrogen) atoms. The lowest BCUT2D eigenvalue weighted by molar-refractivity contribution is -0.0582. The first-order valence-electron chi connectivity index (χ1n) is 6.96. The van der Waals surface area contributed by atoms with Crippen molar-refractivity contribution in [2.24, 2.45) is 5.73 Å². The second-order valence-corrected chi connectivity index (χ2v) is 6.24. The molecule has 0 amide bonds. The molecule has 1 aromatic carbocycles. The molecule has 1 aromatic rings. The summed E-state index contributed by atoms with van der Waals surface area (Å²) in [5, 5.41) is 11.1. The first-order chi connectivity index (χ1) is 9.03. The van der Waals surface area contributed by atoms with Crippen molar-refractivity contribution in [2.45, 2.75) is 56.8 Å². The lowest BCUT2D eigenvalue weighted by atomic mass is 9.74. The lowest BCUT2D eigenvalue weighted by Crippen LogP contribution is -2.58. The first kappa shape index (κ1) is 13.2. The van der Waals surface area contributed by atoms with E-state index in [9.17, 15) is 5.11 Å². The number of hydrogen-bond acceptors (Lipinski definition) is 3. The van der Waals surface area contributed by atoms with Crippen LogP contribution in [0.1, 0.15) is 49.3 Å². The van der Waals surface area contributed by atoms with Crippen molar-refractivity contribution >= 4 is 11.6 Å². The Balaban J connectivity index is 2.04. The normalized spacial score (nSPS) is 28.8. The average Bonchev–Trinajstić information content (AvgIpc) is 2.40. The fourth-order valence-corrected chi connectivity index (χ4v) is 3.52. The maximum absolute atomic E-state index is 10.5. The van der Waals surface area contributed by atoms with Gasteiger partial charge in [0.25, 0.3) is 0 Å². The van der Waals surface area contributed by atoms with Gasteiger partial charge in [-0.05, 0) is 50.3 Å². The van der Waals surface area contributed by atoms with Crippen molar-refractivity contribution in [3.8, 4) is 5.75 Å². The van der Waals surface area contributed by atoms with Crippen molar-refractivity contribution in [2.75, 3.05) is 0 Å². The van der Waals surface area contributed by atoms with E-state index in [4.69, 9.17) is 22.1 Å². The summed E-state index contributed by atoms with van der Waals surface area (Å²) >= 11 is 6.13. The molecule has 1 aliphatic carbocycles. The predicted molar refractivity (Wildman–Crippen MR) is 75.6 cm³/mol. The summed E-state index contributed by atoms with van der Waals surface area (Å²) in [4.78, 5) is 0. The minimum Gasteiger partial charge on any atom is -0.485 e. The molecule has 1 spiro atoms. The minimum atomic E-state index is -0.694. The van der Waals surface area contributed by atoms with E-state index in [1.54, 1.807) is 6.07 Å².